The monoisotopic (exact) mass is 634 g/mol. The Hall–Kier alpha value is -3.00. The molecule has 3 aromatic rings. The summed E-state index contributed by atoms with van der Waals surface area (Å²) in [6.07, 6.45) is 3.84. The molecule has 1 unspecified atom stereocenters. The van der Waals surface area contributed by atoms with Gasteiger partial charge in [-0.1, -0.05) is 56.6 Å². The van der Waals surface area contributed by atoms with Crippen LogP contribution in [0.4, 0.5) is 10.5 Å². The SMILES string of the molecule is COc1ccc(CN2C(=O)N(Cc3ccc(OC)cc3)C(CCCO[Si](C)(C)C(C)(C)C)(C3CC3)c3cc(Cl)ccc32)cc1. The maximum Gasteiger partial charge on any atom is 0.325 e. The molecule has 0 spiro atoms. The Morgan fingerprint density at radius 2 is 1.45 bits per heavy atom. The van der Waals surface area contributed by atoms with Crippen LogP contribution in [0.1, 0.15) is 63.1 Å². The van der Waals surface area contributed by atoms with Crippen LogP contribution >= 0.6 is 11.6 Å². The van der Waals surface area contributed by atoms with E-state index in [2.05, 4.69) is 57.0 Å². The molecule has 1 fully saturated rings. The van der Waals surface area contributed by atoms with Gasteiger partial charge in [0.1, 0.15) is 11.5 Å². The predicted molar refractivity (Wildman–Crippen MR) is 181 cm³/mol. The van der Waals surface area contributed by atoms with Crippen molar-refractivity contribution in [1.82, 2.24) is 4.90 Å². The molecule has 44 heavy (non-hydrogen) atoms. The Morgan fingerprint density at radius 3 is 1.98 bits per heavy atom. The number of anilines is 1. The molecular formula is C36H47ClN2O4Si. The zero-order chi connectivity index (χ0) is 31.7. The summed E-state index contributed by atoms with van der Waals surface area (Å²) in [6.45, 7) is 13.1. The Bertz CT molecular complexity index is 1450. The second-order valence-electron chi connectivity index (χ2n) is 13.7. The molecule has 6 nitrogen and oxygen atoms in total. The normalized spacial score (nSPS) is 18.8. The Kier molecular flexibility index (Phi) is 9.41. The van der Waals surface area contributed by atoms with E-state index in [0.29, 0.717) is 30.6 Å². The Morgan fingerprint density at radius 1 is 0.886 bits per heavy atom. The lowest BCUT2D eigenvalue weighted by Gasteiger charge is -2.52. The Labute approximate surface area is 269 Å². The fourth-order valence-electron chi connectivity index (χ4n) is 6.20. The lowest BCUT2D eigenvalue weighted by molar-refractivity contribution is 0.0673. The van der Waals surface area contributed by atoms with Crippen LogP contribution in [0.25, 0.3) is 0 Å². The lowest BCUT2D eigenvalue weighted by atomic mass is 9.76. The highest BCUT2D eigenvalue weighted by Crippen LogP contribution is 2.57. The predicted octanol–water partition coefficient (Wildman–Crippen LogP) is 9.41. The molecule has 8 heteroatoms. The topological polar surface area (TPSA) is 51.2 Å². The number of nitrogens with zero attached hydrogens (tertiary/aromatic N) is 2. The first-order valence-electron chi connectivity index (χ1n) is 15.7. The van der Waals surface area contributed by atoms with Crippen LogP contribution in [-0.4, -0.2) is 40.1 Å². The van der Waals surface area contributed by atoms with E-state index in [1.54, 1.807) is 14.2 Å². The summed E-state index contributed by atoms with van der Waals surface area (Å²) >= 11 is 6.75. The minimum atomic E-state index is -1.90. The van der Waals surface area contributed by atoms with Crippen molar-refractivity contribution in [1.29, 1.82) is 0 Å². The highest BCUT2D eigenvalue weighted by atomic mass is 35.5. The molecule has 1 saturated carbocycles. The zero-order valence-electron chi connectivity index (χ0n) is 27.3. The van der Waals surface area contributed by atoms with Crippen molar-refractivity contribution in [2.45, 2.75) is 83.2 Å². The maximum atomic E-state index is 14.8. The minimum Gasteiger partial charge on any atom is -0.497 e. The average molecular weight is 635 g/mol. The molecule has 0 radical (unpaired) electrons. The number of methoxy groups -OCH3 is 2. The number of fused-ring (bicyclic) bond motifs is 1. The number of hydrogen-bond acceptors (Lipinski definition) is 4. The molecule has 1 heterocycles. The van der Waals surface area contributed by atoms with Gasteiger partial charge in [0.15, 0.2) is 8.32 Å². The smallest absolute Gasteiger partial charge is 0.325 e. The Balaban J connectivity index is 1.56. The van der Waals surface area contributed by atoms with Gasteiger partial charge in [0, 0.05) is 23.7 Å². The van der Waals surface area contributed by atoms with E-state index >= 15 is 0 Å². The molecule has 236 valence electrons. The maximum absolute atomic E-state index is 14.8. The number of carbonyl (C=O) groups excluding carboxylic acids is 1. The van der Waals surface area contributed by atoms with Crippen molar-refractivity contribution >= 4 is 31.6 Å². The molecule has 1 aliphatic carbocycles. The van der Waals surface area contributed by atoms with Crippen molar-refractivity contribution in [3.8, 4) is 11.5 Å². The summed E-state index contributed by atoms with van der Waals surface area (Å²) in [4.78, 5) is 18.9. The van der Waals surface area contributed by atoms with Gasteiger partial charge in [0.25, 0.3) is 0 Å². The number of hydrogen-bond donors (Lipinski definition) is 0. The van der Waals surface area contributed by atoms with E-state index in [9.17, 15) is 4.79 Å². The largest absolute Gasteiger partial charge is 0.497 e. The van der Waals surface area contributed by atoms with Crippen LogP contribution in [0.15, 0.2) is 66.7 Å². The third kappa shape index (κ3) is 6.51. The number of ether oxygens (including phenoxy) is 2. The van der Waals surface area contributed by atoms with Crippen molar-refractivity contribution in [2.75, 3.05) is 25.7 Å². The number of carbonyl (C=O) groups is 1. The summed E-state index contributed by atoms with van der Waals surface area (Å²) < 4.78 is 17.4. The van der Waals surface area contributed by atoms with Crippen LogP contribution in [0.5, 0.6) is 11.5 Å². The van der Waals surface area contributed by atoms with Crippen molar-refractivity contribution in [3.05, 3.63) is 88.4 Å². The molecule has 3 aromatic carbocycles. The van der Waals surface area contributed by atoms with Crippen LogP contribution in [0.2, 0.25) is 23.2 Å². The standard InChI is InChI=1S/C36H47ClN2O4Si/c1-35(2,3)44(6,7)43-22-8-21-36(28-13-14-28)32-23-29(37)15-20-33(32)38(24-26-9-16-30(41-4)17-10-26)34(40)39(36)25-27-11-18-31(42-5)19-12-27/h9-12,15-20,23,28H,8,13-14,21-22,24-25H2,1-7H3. The highest BCUT2D eigenvalue weighted by Gasteiger charge is 2.56. The van der Waals surface area contributed by atoms with Gasteiger partial charge in [-0.25, -0.2) is 4.79 Å². The van der Waals surface area contributed by atoms with Gasteiger partial charge in [-0.3, -0.25) is 4.90 Å². The van der Waals surface area contributed by atoms with E-state index in [-0.39, 0.29) is 11.1 Å². The molecule has 0 N–H and O–H groups in total. The van der Waals surface area contributed by atoms with Crippen LogP contribution in [0, 0.1) is 5.92 Å². The first kappa shape index (κ1) is 32.4. The van der Waals surface area contributed by atoms with Crippen molar-refractivity contribution in [2.24, 2.45) is 5.92 Å². The molecule has 2 aliphatic rings. The number of rotatable bonds is 12. The second-order valence-corrected chi connectivity index (χ2v) is 19.0. The third-order valence-corrected chi connectivity index (χ3v) is 14.7. The molecule has 2 amide bonds. The summed E-state index contributed by atoms with van der Waals surface area (Å²) in [5.74, 6) is 1.95. The van der Waals surface area contributed by atoms with E-state index < -0.39 is 13.9 Å². The van der Waals surface area contributed by atoms with Gasteiger partial charge < -0.3 is 18.8 Å². The van der Waals surface area contributed by atoms with Gasteiger partial charge in [-0.05, 0) is 103 Å². The van der Waals surface area contributed by atoms with Gasteiger partial charge >= 0.3 is 6.03 Å². The van der Waals surface area contributed by atoms with E-state index in [0.717, 1.165) is 59.6 Å². The van der Waals surface area contributed by atoms with E-state index in [1.165, 1.54) is 0 Å². The van der Waals surface area contributed by atoms with Crippen molar-refractivity contribution in [3.63, 3.8) is 0 Å². The van der Waals surface area contributed by atoms with Gasteiger partial charge in [-0.2, -0.15) is 0 Å². The fraction of sp³-hybridized carbons (Fsp3) is 0.472. The molecule has 5 rings (SSSR count). The molecule has 1 atom stereocenters. The zero-order valence-corrected chi connectivity index (χ0v) is 29.0. The average Bonchev–Trinajstić information content (AvgIpc) is 3.85. The number of benzene rings is 3. The van der Waals surface area contributed by atoms with E-state index in [1.807, 2.05) is 53.4 Å². The quantitative estimate of drug-likeness (QED) is 0.147. The second kappa shape index (κ2) is 12.8. The fourth-order valence-corrected chi connectivity index (χ4v) is 7.46. The summed E-state index contributed by atoms with van der Waals surface area (Å²) in [5, 5.41) is 0.833. The van der Waals surface area contributed by atoms with Gasteiger partial charge in [-0.15, -0.1) is 0 Å². The van der Waals surface area contributed by atoms with E-state index in [4.69, 9.17) is 25.5 Å². The van der Waals surface area contributed by atoms with Crippen LogP contribution in [-0.2, 0) is 23.1 Å². The summed E-state index contributed by atoms with van der Waals surface area (Å²) in [7, 11) is 1.43. The first-order chi connectivity index (χ1) is 20.9. The molecule has 1 aliphatic heterocycles. The molecular weight excluding hydrogens is 588 g/mol. The summed E-state index contributed by atoms with van der Waals surface area (Å²) in [6, 6.07) is 22.1. The first-order valence-corrected chi connectivity index (χ1v) is 19.0. The minimum absolute atomic E-state index is 0.0173. The van der Waals surface area contributed by atoms with Crippen LogP contribution in [0.3, 0.4) is 0 Å². The van der Waals surface area contributed by atoms with Crippen LogP contribution < -0.4 is 14.4 Å². The third-order valence-electron chi connectivity index (χ3n) is 9.88. The summed E-state index contributed by atoms with van der Waals surface area (Å²) in [5.41, 5.74) is 3.70. The number of urea groups is 1. The number of amides is 2. The highest BCUT2D eigenvalue weighted by molar-refractivity contribution is 6.74. The van der Waals surface area contributed by atoms with Crippen molar-refractivity contribution < 1.29 is 18.7 Å². The van der Waals surface area contributed by atoms with Gasteiger partial charge in [0.2, 0.25) is 0 Å². The van der Waals surface area contributed by atoms with Gasteiger partial charge in [0.05, 0.1) is 32.0 Å². The number of halogens is 1. The molecule has 0 aromatic heterocycles. The lowest BCUT2D eigenvalue weighted by Crippen LogP contribution is -2.59. The molecule has 0 bridgehead atoms. The molecule has 0 saturated heterocycles.